The Hall–Kier alpha value is -1.40. The van der Waals surface area contributed by atoms with Crippen LogP contribution in [0.5, 0.6) is 0 Å². The predicted molar refractivity (Wildman–Crippen MR) is 79.6 cm³/mol. The Morgan fingerprint density at radius 2 is 2.00 bits per heavy atom. The molecule has 1 aromatic carbocycles. The fourth-order valence-corrected chi connectivity index (χ4v) is 2.41. The van der Waals surface area contributed by atoms with Gasteiger partial charge in [0.05, 0.1) is 4.92 Å². The lowest BCUT2D eigenvalue weighted by Gasteiger charge is -2.35. The first-order valence-corrected chi connectivity index (χ1v) is 9.24. The van der Waals surface area contributed by atoms with Crippen LogP contribution >= 0.6 is 0 Å². The van der Waals surface area contributed by atoms with Gasteiger partial charge in [-0.1, -0.05) is 19.9 Å². The lowest BCUT2D eigenvalue weighted by Crippen LogP contribution is -2.39. The van der Waals surface area contributed by atoms with E-state index in [1.807, 2.05) is 13.1 Å². The van der Waals surface area contributed by atoms with E-state index in [1.165, 1.54) is 12.1 Å². The van der Waals surface area contributed by atoms with E-state index >= 15 is 0 Å². The van der Waals surface area contributed by atoms with Gasteiger partial charge in [0.25, 0.3) is 5.69 Å². The molecule has 0 atom stereocenters. The number of benzene rings is 1. The predicted octanol–water partition coefficient (Wildman–Crippen LogP) is 3.09. The Bertz CT molecular complexity index is 481. The highest BCUT2D eigenvalue weighted by Gasteiger charge is 2.37. The molecule has 1 rings (SSSR count). The van der Waals surface area contributed by atoms with E-state index in [0.29, 0.717) is 12.1 Å². The van der Waals surface area contributed by atoms with Crippen molar-refractivity contribution in [1.29, 1.82) is 0 Å². The monoisotopic (exact) mass is 282 g/mol. The van der Waals surface area contributed by atoms with Gasteiger partial charge in [-0.15, -0.1) is 0 Å². The molecule has 0 radical (unpaired) electrons. The van der Waals surface area contributed by atoms with Crippen molar-refractivity contribution >= 4 is 19.7 Å². The summed E-state index contributed by atoms with van der Waals surface area (Å²) >= 11 is 0. The molecular formula is C13H22N2O3Si. The number of non-ortho nitro benzene ring substituents is 1. The number of anilines is 1. The molecule has 6 heteroatoms. The Labute approximate surface area is 114 Å². The number of nitro groups is 1. The normalized spacial score (nSPS) is 12.5. The van der Waals surface area contributed by atoms with Crippen molar-refractivity contribution in [2.45, 2.75) is 44.8 Å². The molecule has 0 fully saturated rings. The maximum absolute atomic E-state index is 10.6. The van der Waals surface area contributed by atoms with Crippen molar-refractivity contribution < 1.29 is 9.72 Å². The highest BCUT2D eigenvalue weighted by Crippen LogP contribution is 2.40. The molecule has 0 heterocycles. The van der Waals surface area contributed by atoms with Crippen LogP contribution in [-0.2, 0) is 6.42 Å². The summed E-state index contributed by atoms with van der Waals surface area (Å²) < 4.78 is 0. The summed E-state index contributed by atoms with van der Waals surface area (Å²) in [6.45, 7) is 7.96. The molecule has 0 saturated carbocycles. The number of nitrogen functional groups attached to an aromatic ring is 1. The van der Waals surface area contributed by atoms with Crippen molar-refractivity contribution in [3.8, 4) is 0 Å². The molecule has 0 bridgehead atoms. The molecule has 106 valence electrons. The van der Waals surface area contributed by atoms with E-state index in [1.54, 1.807) is 6.07 Å². The first-order valence-electron chi connectivity index (χ1n) is 6.30. The molecule has 19 heavy (non-hydrogen) atoms. The van der Waals surface area contributed by atoms with Crippen molar-refractivity contribution in [3.05, 3.63) is 33.9 Å². The zero-order chi connectivity index (χ0) is 14.8. The molecule has 0 amide bonds. The van der Waals surface area contributed by atoms with Gasteiger partial charge in [-0.3, -0.25) is 10.1 Å². The largest absolute Gasteiger partial charge is 0.432 e. The maximum atomic E-state index is 10.6. The number of nitro benzene ring substituents is 1. The number of aryl methyl sites for hydroxylation is 1. The average molecular weight is 282 g/mol. The second-order valence-electron chi connectivity index (χ2n) is 6.08. The summed E-state index contributed by atoms with van der Waals surface area (Å²) in [6.07, 6.45) is 1.53. The van der Waals surface area contributed by atoms with Crippen LogP contribution in [-0.4, -0.2) is 18.0 Å². The fraction of sp³-hybridized carbons (Fsp3) is 0.538. The van der Waals surface area contributed by atoms with Crippen LogP contribution in [0.25, 0.3) is 0 Å². The summed E-state index contributed by atoms with van der Waals surface area (Å²) in [5.74, 6) is 0. The van der Waals surface area contributed by atoms with Crippen LogP contribution in [0, 0.1) is 10.1 Å². The average Bonchev–Trinajstić information content (AvgIpc) is 2.25. The van der Waals surface area contributed by atoms with Gasteiger partial charge in [-0.05, 0) is 36.5 Å². The van der Waals surface area contributed by atoms with E-state index in [4.69, 9.17) is 5.73 Å². The molecule has 0 aliphatic carbocycles. The van der Waals surface area contributed by atoms with Gasteiger partial charge in [0.1, 0.15) is 0 Å². The maximum Gasteiger partial charge on any atom is 0.271 e. The smallest absolute Gasteiger partial charge is 0.271 e. The van der Waals surface area contributed by atoms with Gasteiger partial charge in [0.2, 0.25) is 0 Å². The van der Waals surface area contributed by atoms with Crippen molar-refractivity contribution in [2.75, 3.05) is 5.73 Å². The highest BCUT2D eigenvalue weighted by atomic mass is 28.4. The Morgan fingerprint density at radius 1 is 1.42 bits per heavy atom. The van der Waals surface area contributed by atoms with Crippen LogP contribution in [0.15, 0.2) is 18.2 Å². The van der Waals surface area contributed by atoms with E-state index < -0.39 is 13.2 Å². The van der Waals surface area contributed by atoms with E-state index in [0.717, 1.165) is 12.0 Å². The van der Waals surface area contributed by atoms with Gasteiger partial charge in [0.15, 0.2) is 8.32 Å². The minimum Gasteiger partial charge on any atom is -0.432 e. The standard InChI is InChI=1S/C13H22N2O3Si/c1-13(2,19(3,4)18)8-7-10-5-6-11(15(16)17)9-12(10)14/h5-6,9,18H,7-8,14H2,1-4H3. The number of rotatable bonds is 5. The number of nitrogens with zero attached hydrogens (tertiary/aromatic N) is 1. The third-order valence-electron chi connectivity index (χ3n) is 4.02. The highest BCUT2D eigenvalue weighted by molar-refractivity contribution is 6.72. The summed E-state index contributed by atoms with van der Waals surface area (Å²) in [4.78, 5) is 20.4. The van der Waals surface area contributed by atoms with Crippen LogP contribution in [0.1, 0.15) is 25.8 Å². The zero-order valence-electron chi connectivity index (χ0n) is 11.9. The van der Waals surface area contributed by atoms with Gasteiger partial charge >= 0.3 is 0 Å². The summed E-state index contributed by atoms with van der Waals surface area (Å²) in [6, 6.07) is 4.57. The molecule has 0 aliphatic rings. The van der Waals surface area contributed by atoms with Crippen molar-refractivity contribution in [3.63, 3.8) is 0 Å². The molecular weight excluding hydrogens is 260 g/mol. The number of hydrogen-bond donors (Lipinski definition) is 2. The second-order valence-corrected chi connectivity index (χ2v) is 10.6. The van der Waals surface area contributed by atoms with Crippen LogP contribution in [0.3, 0.4) is 0 Å². The minimum atomic E-state index is -2.23. The third kappa shape index (κ3) is 3.78. The molecule has 0 unspecified atom stereocenters. The molecule has 0 aromatic heterocycles. The third-order valence-corrected chi connectivity index (χ3v) is 7.58. The summed E-state index contributed by atoms with van der Waals surface area (Å²) in [5.41, 5.74) is 7.20. The molecule has 5 nitrogen and oxygen atoms in total. The van der Waals surface area contributed by atoms with Gasteiger partial charge in [-0.2, -0.15) is 0 Å². The van der Waals surface area contributed by atoms with Gasteiger partial charge in [0, 0.05) is 17.8 Å². The zero-order valence-corrected chi connectivity index (χ0v) is 12.9. The van der Waals surface area contributed by atoms with Crippen molar-refractivity contribution in [2.24, 2.45) is 0 Å². The molecule has 0 spiro atoms. The van der Waals surface area contributed by atoms with Crippen LogP contribution in [0.4, 0.5) is 11.4 Å². The van der Waals surface area contributed by atoms with E-state index in [9.17, 15) is 14.9 Å². The van der Waals surface area contributed by atoms with E-state index in [-0.39, 0.29) is 10.7 Å². The topological polar surface area (TPSA) is 89.4 Å². The Kier molecular flexibility index (Phi) is 4.37. The van der Waals surface area contributed by atoms with Crippen LogP contribution < -0.4 is 5.73 Å². The molecule has 3 N–H and O–H groups in total. The quantitative estimate of drug-likeness (QED) is 0.376. The summed E-state index contributed by atoms with van der Waals surface area (Å²) in [7, 11) is -2.23. The SMILES string of the molecule is CC(C)(CCc1ccc([N+](=O)[O-])cc1N)[Si](C)(C)O. The Morgan fingerprint density at radius 3 is 2.42 bits per heavy atom. The van der Waals surface area contributed by atoms with Crippen molar-refractivity contribution in [1.82, 2.24) is 0 Å². The molecule has 1 aromatic rings. The second kappa shape index (κ2) is 5.30. The lowest BCUT2D eigenvalue weighted by atomic mass is 10.0. The summed E-state index contributed by atoms with van der Waals surface area (Å²) in [5, 5.41) is 10.5. The molecule has 0 saturated heterocycles. The number of hydrogen-bond acceptors (Lipinski definition) is 4. The molecule has 0 aliphatic heterocycles. The van der Waals surface area contributed by atoms with Crippen LogP contribution in [0.2, 0.25) is 18.1 Å². The fourth-order valence-electron chi connectivity index (χ4n) is 1.68. The number of nitrogens with two attached hydrogens (primary N) is 1. The first-order chi connectivity index (χ1) is 8.54. The van der Waals surface area contributed by atoms with Gasteiger partial charge < -0.3 is 10.5 Å². The Balaban J connectivity index is 2.82. The first kappa shape index (κ1) is 15.7. The van der Waals surface area contributed by atoms with E-state index in [2.05, 4.69) is 13.8 Å². The lowest BCUT2D eigenvalue weighted by molar-refractivity contribution is -0.384. The minimum absolute atomic E-state index is 0.0115. The van der Waals surface area contributed by atoms with Gasteiger partial charge in [-0.25, -0.2) is 0 Å².